The first-order valence-corrected chi connectivity index (χ1v) is 7.65. The molecule has 0 spiro atoms. The molecule has 1 amide bonds. The fourth-order valence-corrected chi connectivity index (χ4v) is 5.30. The van der Waals surface area contributed by atoms with Crippen LogP contribution in [0.5, 0.6) is 0 Å². The molecule has 0 unspecified atom stereocenters. The summed E-state index contributed by atoms with van der Waals surface area (Å²) in [6.07, 6.45) is 5.07. The Balaban J connectivity index is 2.02. The van der Waals surface area contributed by atoms with E-state index >= 15 is 0 Å². The smallest absolute Gasteiger partial charge is 0.278 e. The van der Waals surface area contributed by atoms with Gasteiger partial charge in [0.1, 0.15) is 11.5 Å². The van der Waals surface area contributed by atoms with E-state index in [4.69, 9.17) is 0 Å². The summed E-state index contributed by atoms with van der Waals surface area (Å²) in [6, 6.07) is 0. The number of nitrogens with zero attached hydrogens (tertiary/aromatic N) is 1. The molecule has 3 heteroatoms. The van der Waals surface area contributed by atoms with Crippen molar-refractivity contribution in [1.82, 2.24) is 4.90 Å². The van der Waals surface area contributed by atoms with E-state index in [1.54, 1.807) is 0 Å². The number of amides is 1. The third kappa shape index (κ3) is 2.17. The molecule has 2 nitrogen and oxygen atoms in total. The first kappa shape index (κ1) is 11.3. The summed E-state index contributed by atoms with van der Waals surface area (Å²) in [5, 5.41) is 0. The quantitative estimate of drug-likeness (QED) is 0.660. The zero-order valence-electron chi connectivity index (χ0n) is 9.92. The third-order valence-electron chi connectivity index (χ3n) is 3.66. The summed E-state index contributed by atoms with van der Waals surface area (Å²) in [5.41, 5.74) is 0. The number of carbonyl (C=O) groups is 1. The van der Waals surface area contributed by atoms with Gasteiger partial charge in [-0.25, -0.2) is 0 Å². The normalized spacial score (nSPS) is 23.7. The number of hydrogen-bond acceptors (Lipinski definition) is 1. The Morgan fingerprint density at radius 1 is 1.07 bits per heavy atom. The van der Waals surface area contributed by atoms with E-state index in [2.05, 4.69) is 18.7 Å². The number of carbonyl (C=O) groups excluding carboxylic acids is 1. The minimum absolute atomic E-state index is 0.0825. The lowest BCUT2D eigenvalue weighted by Gasteiger charge is -2.27. The van der Waals surface area contributed by atoms with Crippen LogP contribution in [0.25, 0.3) is 0 Å². The summed E-state index contributed by atoms with van der Waals surface area (Å²) in [5.74, 6) is 2.99. The maximum absolute atomic E-state index is 12.4. The van der Waals surface area contributed by atoms with Crippen LogP contribution in [0.15, 0.2) is 0 Å². The molecule has 0 bridgehead atoms. The maximum atomic E-state index is 12.4. The molecule has 0 aromatic rings. The summed E-state index contributed by atoms with van der Waals surface area (Å²) in [7, 11) is 0.345. The van der Waals surface area contributed by atoms with Crippen molar-refractivity contribution in [2.24, 2.45) is 0 Å². The van der Waals surface area contributed by atoms with Gasteiger partial charge in [-0.05, 0) is 39.5 Å². The third-order valence-corrected chi connectivity index (χ3v) is 6.84. The Labute approximate surface area is 95.8 Å². The van der Waals surface area contributed by atoms with Gasteiger partial charge in [0.2, 0.25) is 0 Å². The number of rotatable bonds is 2. The van der Waals surface area contributed by atoms with Crippen molar-refractivity contribution in [3.05, 3.63) is 0 Å². The summed E-state index contributed by atoms with van der Waals surface area (Å²) >= 11 is 0. The van der Waals surface area contributed by atoms with E-state index in [0.29, 0.717) is 16.8 Å². The monoisotopic (exact) mass is 228 g/mol. The van der Waals surface area contributed by atoms with Gasteiger partial charge in [0.05, 0.1) is 0 Å². The largest absolute Gasteiger partial charge is 0.338 e. The Morgan fingerprint density at radius 3 is 2.13 bits per heavy atom. The van der Waals surface area contributed by atoms with Crippen LogP contribution in [-0.4, -0.2) is 40.1 Å². The average Bonchev–Trinajstić information content (AvgIpc) is 2.89. The molecule has 0 aromatic carbocycles. The lowest BCUT2D eigenvalue weighted by Crippen LogP contribution is -2.49. The molecule has 2 rings (SSSR count). The van der Waals surface area contributed by atoms with Crippen molar-refractivity contribution in [2.75, 3.05) is 24.6 Å². The minimum Gasteiger partial charge on any atom is -0.338 e. The van der Waals surface area contributed by atoms with E-state index in [1.165, 1.54) is 37.2 Å². The zero-order chi connectivity index (χ0) is 10.9. The SMILES string of the molecule is CC(C)(C(=O)N1CCCC1)[S+]1CCCC1. The predicted octanol–water partition coefficient (Wildman–Crippen LogP) is 1.80. The van der Waals surface area contributed by atoms with E-state index in [0.717, 1.165) is 13.1 Å². The van der Waals surface area contributed by atoms with Crippen molar-refractivity contribution >= 4 is 16.8 Å². The van der Waals surface area contributed by atoms with Crippen LogP contribution in [-0.2, 0) is 15.7 Å². The van der Waals surface area contributed by atoms with Crippen LogP contribution in [0.1, 0.15) is 39.5 Å². The summed E-state index contributed by atoms with van der Waals surface area (Å²) in [4.78, 5) is 14.5. The zero-order valence-corrected chi connectivity index (χ0v) is 10.7. The fraction of sp³-hybridized carbons (Fsp3) is 0.917. The maximum Gasteiger partial charge on any atom is 0.278 e. The molecule has 2 fully saturated rings. The highest BCUT2D eigenvalue weighted by Crippen LogP contribution is 2.30. The molecule has 0 aromatic heterocycles. The van der Waals surface area contributed by atoms with Crippen LogP contribution in [0.3, 0.4) is 0 Å². The summed E-state index contributed by atoms with van der Waals surface area (Å²) in [6.45, 7) is 6.34. The highest BCUT2D eigenvalue weighted by atomic mass is 32.2. The Bertz CT molecular complexity index is 240. The molecule has 2 aliphatic heterocycles. The molecule has 2 aliphatic rings. The van der Waals surface area contributed by atoms with Gasteiger partial charge in [0, 0.05) is 24.0 Å². The second kappa shape index (κ2) is 4.36. The highest BCUT2D eigenvalue weighted by molar-refractivity contribution is 7.99. The van der Waals surface area contributed by atoms with Gasteiger partial charge in [-0.3, -0.25) is 4.79 Å². The molecule has 0 atom stereocenters. The van der Waals surface area contributed by atoms with Gasteiger partial charge in [-0.2, -0.15) is 0 Å². The molecule has 0 saturated carbocycles. The second-order valence-electron chi connectivity index (χ2n) is 5.12. The van der Waals surface area contributed by atoms with Crippen molar-refractivity contribution in [3.8, 4) is 0 Å². The molecule has 0 aliphatic carbocycles. The van der Waals surface area contributed by atoms with Gasteiger partial charge in [-0.15, -0.1) is 0 Å². The molecule has 2 saturated heterocycles. The highest BCUT2D eigenvalue weighted by Gasteiger charge is 2.49. The van der Waals surface area contributed by atoms with Crippen LogP contribution in [0, 0.1) is 0 Å². The predicted molar refractivity (Wildman–Crippen MR) is 66.2 cm³/mol. The van der Waals surface area contributed by atoms with E-state index < -0.39 is 0 Å². The van der Waals surface area contributed by atoms with Gasteiger partial charge in [-0.1, -0.05) is 0 Å². The van der Waals surface area contributed by atoms with E-state index in [1.807, 2.05) is 0 Å². The van der Waals surface area contributed by atoms with Crippen LogP contribution >= 0.6 is 0 Å². The van der Waals surface area contributed by atoms with Crippen LogP contribution in [0.2, 0.25) is 0 Å². The Kier molecular flexibility index (Phi) is 3.29. The standard InChI is InChI=1S/C12H22NOS/c1-12(2,15-9-5-6-10-15)11(14)13-7-3-4-8-13/h3-10H2,1-2H3/q+1. The van der Waals surface area contributed by atoms with Crippen LogP contribution < -0.4 is 0 Å². The molecule has 15 heavy (non-hydrogen) atoms. The first-order chi connectivity index (χ1) is 7.12. The molecule has 0 N–H and O–H groups in total. The molecular formula is C12H22NOS+. The number of hydrogen-bond donors (Lipinski definition) is 0. The molecule has 86 valence electrons. The van der Waals surface area contributed by atoms with E-state index in [-0.39, 0.29) is 4.75 Å². The molecular weight excluding hydrogens is 206 g/mol. The molecule has 2 heterocycles. The van der Waals surface area contributed by atoms with Crippen molar-refractivity contribution in [1.29, 1.82) is 0 Å². The second-order valence-corrected chi connectivity index (χ2v) is 7.94. The topological polar surface area (TPSA) is 20.3 Å². The Hall–Kier alpha value is -0.180. The van der Waals surface area contributed by atoms with Gasteiger partial charge < -0.3 is 4.90 Å². The van der Waals surface area contributed by atoms with Gasteiger partial charge >= 0.3 is 0 Å². The summed E-state index contributed by atoms with van der Waals surface area (Å²) < 4.78 is -0.0825. The number of likely N-dealkylation sites (tertiary alicyclic amines) is 1. The minimum atomic E-state index is -0.0825. The van der Waals surface area contributed by atoms with Crippen molar-refractivity contribution < 1.29 is 4.79 Å². The van der Waals surface area contributed by atoms with Crippen molar-refractivity contribution in [2.45, 2.75) is 44.3 Å². The van der Waals surface area contributed by atoms with Gasteiger partial charge in [0.15, 0.2) is 4.75 Å². The van der Waals surface area contributed by atoms with Crippen LogP contribution in [0.4, 0.5) is 0 Å². The van der Waals surface area contributed by atoms with Crippen molar-refractivity contribution in [3.63, 3.8) is 0 Å². The van der Waals surface area contributed by atoms with Gasteiger partial charge in [0.25, 0.3) is 5.91 Å². The average molecular weight is 228 g/mol. The fourth-order valence-electron chi connectivity index (χ4n) is 2.59. The first-order valence-electron chi connectivity index (χ1n) is 6.09. The lowest BCUT2D eigenvalue weighted by atomic mass is 10.2. The lowest BCUT2D eigenvalue weighted by molar-refractivity contribution is -0.131. The Morgan fingerprint density at radius 2 is 1.60 bits per heavy atom. The molecule has 0 radical (unpaired) electrons. The van der Waals surface area contributed by atoms with E-state index in [9.17, 15) is 4.79 Å².